The highest BCUT2D eigenvalue weighted by Gasteiger charge is 2.21. The van der Waals surface area contributed by atoms with Crippen LogP contribution in [0, 0.1) is 0 Å². The maximum atomic E-state index is 12.3. The number of halogens is 2. The molecule has 24 heavy (non-hydrogen) atoms. The van der Waals surface area contributed by atoms with Crippen LogP contribution in [0.4, 0.5) is 0 Å². The fourth-order valence-corrected chi connectivity index (χ4v) is 2.57. The quantitative estimate of drug-likeness (QED) is 0.816. The predicted octanol–water partition coefficient (Wildman–Crippen LogP) is 3.73. The summed E-state index contributed by atoms with van der Waals surface area (Å²) in [4.78, 5) is 12.3. The summed E-state index contributed by atoms with van der Waals surface area (Å²) in [5.74, 6) is -0.142. The van der Waals surface area contributed by atoms with Gasteiger partial charge in [0, 0.05) is 24.2 Å². The summed E-state index contributed by atoms with van der Waals surface area (Å²) in [5, 5.41) is 3.64. The number of benzene rings is 2. The van der Waals surface area contributed by atoms with Gasteiger partial charge in [0.05, 0.1) is 6.04 Å². The first-order chi connectivity index (χ1) is 11.0. The number of hydrogen-bond acceptors (Lipinski definition) is 3. The first-order valence-electron chi connectivity index (χ1n) is 7.43. The van der Waals surface area contributed by atoms with Crippen LogP contribution in [0.25, 0.3) is 0 Å². The average Bonchev–Trinajstić information content (AvgIpc) is 2.57. The molecule has 2 aromatic rings. The van der Waals surface area contributed by atoms with E-state index in [1.807, 2.05) is 43.3 Å². The molecule has 1 amide bonds. The van der Waals surface area contributed by atoms with Gasteiger partial charge in [-0.1, -0.05) is 35.9 Å². The summed E-state index contributed by atoms with van der Waals surface area (Å²) in [5.41, 5.74) is 8.11. The van der Waals surface area contributed by atoms with E-state index in [9.17, 15) is 4.79 Å². The normalized spacial score (nSPS) is 12.8. The summed E-state index contributed by atoms with van der Waals surface area (Å²) < 4.78 is 5.54. The minimum absolute atomic E-state index is 0. The van der Waals surface area contributed by atoms with Gasteiger partial charge in [-0.15, -0.1) is 12.4 Å². The van der Waals surface area contributed by atoms with Gasteiger partial charge in [-0.25, -0.2) is 0 Å². The lowest BCUT2D eigenvalue weighted by atomic mass is 10.0. The number of rotatable bonds is 6. The molecule has 0 aliphatic rings. The van der Waals surface area contributed by atoms with Crippen molar-refractivity contribution in [2.75, 3.05) is 7.11 Å². The minimum atomic E-state index is -0.250. The van der Waals surface area contributed by atoms with Crippen molar-refractivity contribution in [1.82, 2.24) is 5.32 Å². The van der Waals surface area contributed by atoms with Gasteiger partial charge in [0.25, 0.3) is 5.91 Å². The Bertz CT molecular complexity index is 645. The van der Waals surface area contributed by atoms with Gasteiger partial charge >= 0.3 is 0 Å². The van der Waals surface area contributed by atoms with Gasteiger partial charge < -0.3 is 15.8 Å². The van der Waals surface area contributed by atoms with Crippen LogP contribution in [-0.4, -0.2) is 19.1 Å². The Kier molecular flexibility index (Phi) is 8.22. The van der Waals surface area contributed by atoms with Crippen LogP contribution in [0.3, 0.4) is 0 Å². The van der Waals surface area contributed by atoms with Crippen LogP contribution in [0.2, 0.25) is 5.02 Å². The van der Waals surface area contributed by atoms with E-state index < -0.39 is 0 Å². The number of carbonyl (C=O) groups is 1. The lowest BCUT2D eigenvalue weighted by Gasteiger charge is -2.24. The van der Waals surface area contributed by atoms with Crippen LogP contribution < -0.4 is 11.1 Å². The Morgan fingerprint density at radius 1 is 1.17 bits per heavy atom. The topological polar surface area (TPSA) is 64.3 Å². The molecular weight excluding hydrogens is 347 g/mol. The summed E-state index contributed by atoms with van der Waals surface area (Å²) in [6.07, 6.45) is -0.250. The number of nitrogens with one attached hydrogen (secondary N) is 1. The van der Waals surface area contributed by atoms with E-state index in [1.54, 1.807) is 19.2 Å². The number of hydrogen-bond donors (Lipinski definition) is 2. The molecule has 0 aliphatic carbocycles. The van der Waals surface area contributed by atoms with Crippen molar-refractivity contribution in [3.05, 3.63) is 70.2 Å². The maximum absolute atomic E-state index is 12.3. The van der Waals surface area contributed by atoms with Crippen LogP contribution in [0.5, 0.6) is 0 Å². The molecule has 0 fully saturated rings. The molecule has 0 radical (unpaired) electrons. The second-order valence-electron chi connectivity index (χ2n) is 5.37. The van der Waals surface area contributed by atoms with Gasteiger partial charge in [-0.2, -0.15) is 0 Å². The molecule has 2 atom stereocenters. The lowest BCUT2D eigenvalue weighted by molar-refractivity contribution is 0.0645. The lowest BCUT2D eigenvalue weighted by Crippen LogP contribution is -2.37. The zero-order valence-corrected chi connectivity index (χ0v) is 15.2. The van der Waals surface area contributed by atoms with E-state index in [0.717, 1.165) is 11.1 Å². The van der Waals surface area contributed by atoms with Gasteiger partial charge in [0.15, 0.2) is 0 Å². The van der Waals surface area contributed by atoms with Crippen molar-refractivity contribution >= 4 is 29.9 Å². The molecule has 2 rings (SSSR count). The Morgan fingerprint density at radius 2 is 1.75 bits per heavy atom. The monoisotopic (exact) mass is 368 g/mol. The van der Waals surface area contributed by atoms with E-state index in [1.165, 1.54) is 0 Å². The molecule has 2 aromatic carbocycles. The molecule has 0 aromatic heterocycles. The Balaban J connectivity index is 0.00000288. The number of ether oxygens (including phenoxy) is 1. The SMILES string of the molecule is COC(c1ccc(Cl)cc1)C(C)NC(=O)c1ccc(CN)cc1.Cl. The van der Waals surface area contributed by atoms with Crippen molar-refractivity contribution < 1.29 is 9.53 Å². The highest BCUT2D eigenvalue weighted by molar-refractivity contribution is 6.30. The van der Waals surface area contributed by atoms with E-state index in [0.29, 0.717) is 17.1 Å². The molecule has 130 valence electrons. The van der Waals surface area contributed by atoms with Crippen LogP contribution in [0.15, 0.2) is 48.5 Å². The van der Waals surface area contributed by atoms with E-state index in [2.05, 4.69) is 5.32 Å². The standard InChI is InChI=1S/C18H21ClN2O2.ClH/c1-12(17(23-2)14-7-9-16(19)10-8-14)21-18(22)15-5-3-13(11-20)4-6-15;/h3-10,12,17H,11,20H2,1-2H3,(H,21,22);1H. The van der Waals surface area contributed by atoms with Gasteiger partial charge in [0.2, 0.25) is 0 Å². The van der Waals surface area contributed by atoms with E-state index >= 15 is 0 Å². The molecule has 3 N–H and O–H groups in total. The van der Waals surface area contributed by atoms with E-state index in [-0.39, 0.29) is 30.5 Å². The van der Waals surface area contributed by atoms with Crippen LogP contribution in [-0.2, 0) is 11.3 Å². The summed E-state index contributed by atoms with van der Waals surface area (Å²) in [6.45, 7) is 2.37. The zero-order chi connectivity index (χ0) is 16.8. The highest BCUT2D eigenvalue weighted by atomic mass is 35.5. The Labute approximate surface area is 153 Å². The second-order valence-corrected chi connectivity index (χ2v) is 5.81. The first-order valence-corrected chi connectivity index (χ1v) is 7.81. The number of methoxy groups -OCH3 is 1. The van der Waals surface area contributed by atoms with Gasteiger partial charge in [0.1, 0.15) is 6.10 Å². The smallest absolute Gasteiger partial charge is 0.251 e. The van der Waals surface area contributed by atoms with Crippen molar-refractivity contribution in [3.63, 3.8) is 0 Å². The third kappa shape index (κ3) is 5.21. The number of nitrogens with two attached hydrogens (primary N) is 1. The summed E-state index contributed by atoms with van der Waals surface area (Å²) in [6, 6.07) is 14.5. The molecule has 0 saturated carbocycles. The molecule has 0 heterocycles. The molecule has 2 unspecified atom stereocenters. The Morgan fingerprint density at radius 3 is 2.25 bits per heavy atom. The van der Waals surface area contributed by atoms with Crippen molar-refractivity contribution in [1.29, 1.82) is 0 Å². The third-order valence-corrected chi connectivity index (χ3v) is 3.97. The van der Waals surface area contributed by atoms with Crippen molar-refractivity contribution in [2.24, 2.45) is 5.73 Å². The molecule has 6 heteroatoms. The summed E-state index contributed by atoms with van der Waals surface area (Å²) in [7, 11) is 1.62. The second kappa shape index (κ2) is 9.64. The molecule has 0 saturated heterocycles. The maximum Gasteiger partial charge on any atom is 0.251 e. The molecule has 4 nitrogen and oxygen atoms in total. The van der Waals surface area contributed by atoms with Crippen molar-refractivity contribution in [2.45, 2.75) is 25.6 Å². The predicted molar refractivity (Wildman–Crippen MR) is 99.7 cm³/mol. The van der Waals surface area contributed by atoms with Gasteiger partial charge in [-0.3, -0.25) is 4.79 Å². The van der Waals surface area contributed by atoms with Crippen molar-refractivity contribution in [3.8, 4) is 0 Å². The average molecular weight is 369 g/mol. The summed E-state index contributed by atoms with van der Waals surface area (Å²) >= 11 is 5.91. The van der Waals surface area contributed by atoms with Gasteiger partial charge in [-0.05, 0) is 42.3 Å². The largest absolute Gasteiger partial charge is 0.375 e. The number of amides is 1. The molecular formula is C18H22Cl2N2O2. The Hall–Kier alpha value is -1.59. The van der Waals surface area contributed by atoms with Crippen LogP contribution >= 0.6 is 24.0 Å². The highest BCUT2D eigenvalue weighted by Crippen LogP contribution is 2.22. The zero-order valence-electron chi connectivity index (χ0n) is 13.7. The minimum Gasteiger partial charge on any atom is -0.375 e. The first kappa shape index (κ1) is 20.5. The molecule has 0 aliphatic heterocycles. The van der Waals surface area contributed by atoms with E-state index in [4.69, 9.17) is 22.1 Å². The number of carbonyl (C=O) groups excluding carboxylic acids is 1. The third-order valence-electron chi connectivity index (χ3n) is 3.72. The molecule has 0 spiro atoms. The fraction of sp³-hybridized carbons (Fsp3) is 0.278. The fourth-order valence-electron chi connectivity index (χ4n) is 2.44. The molecule has 0 bridgehead atoms. The van der Waals surface area contributed by atoms with Crippen LogP contribution in [0.1, 0.15) is 34.5 Å².